The zero-order chi connectivity index (χ0) is 16.1. The van der Waals surface area contributed by atoms with Crippen LogP contribution in [0.5, 0.6) is 5.75 Å². The summed E-state index contributed by atoms with van der Waals surface area (Å²) in [7, 11) is 0. The first-order chi connectivity index (χ1) is 10.6. The number of hydrogen-bond donors (Lipinski definition) is 2. The zero-order valence-electron chi connectivity index (χ0n) is 11.9. The number of aromatic nitrogens is 1. The number of aromatic hydroxyl groups is 1. The van der Waals surface area contributed by atoms with Gasteiger partial charge in [0.15, 0.2) is 0 Å². The van der Waals surface area contributed by atoms with E-state index in [4.69, 9.17) is 5.26 Å². The summed E-state index contributed by atoms with van der Waals surface area (Å²) in [5.41, 5.74) is 2.32. The number of para-hydroxylation sites is 1. The number of benzene rings is 1. The lowest BCUT2D eigenvalue weighted by molar-refractivity contribution is -0.120. The lowest BCUT2D eigenvalue weighted by Crippen LogP contribution is -2.24. The number of aryl methyl sites for hydroxylation is 1. The van der Waals surface area contributed by atoms with Crippen LogP contribution in [0, 0.1) is 11.3 Å². The molecule has 0 radical (unpaired) electrons. The number of pyridine rings is 1. The van der Waals surface area contributed by atoms with Gasteiger partial charge in [0.05, 0.1) is 17.8 Å². The molecule has 0 saturated heterocycles. The quantitative estimate of drug-likeness (QED) is 0.650. The van der Waals surface area contributed by atoms with Crippen molar-refractivity contribution in [3.8, 4) is 11.8 Å². The molecule has 22 heavy (non-hydrogen) atoms. The summed E-state index contributed by atoms with van der Waals surface area (Å²) in [6.45, 7) is 2.25. The van der Waals surface area contributed by atoms with E-state index < -0.39 is 11.5 Å². The number of amides is 1. The van der Waals surface area contributed by atoms with E-state index in [0.29, 0.717) is 17.4 Å². The first kappa shape index (κ1) is 15.3. The molecule has 0 unspecified atom stereocenters. The van der Waals surface area contributed by atoms with Crippen LogP contribution in [-0.2, 0) is 11.3 Å². The Morgan fingerprint density at radius 3 is 2.91 bits per heavy atom. The third-order valence-electron chi connectivity index (χ3n) is 3.12. The molecule has 1 amide bonds. The van der Waals surface area contributed by atoms with E-state index >= 15 is 0 Å². The summed E-state index contributed by atoms with van der Waals surface area (Å²) in [6.07, 6.45) is 0.756. The molecule has 1 aromatic carbocycles. The van der Waals surface area contributed by atoms with Gasteiger partial charge in [0.1, 0.15) is 17.7 Å². The van der Waals surface area contributed by atoms with Crippen molar-refractivity contribution in [2.75, 3.05) is 0 Å². The first-order valence-electron chi connectivity index (χ1n) is 6.63. The molecule has 0 spiro atoms. The van der Waals surface area contributed by atoms with Gasteiger partial charge in [-0.1, -0.05) is 12.1 Å². The maximum Gasteiger partial charge on any atom is 0.263 e. The molecule has 2 aromatic rings. The Hall–Kier alpha value is -3.14. The van der Waals surface area contributed by atoms with E-state index in [1.165, 1.54) is 4.57 Å². The van der Waals surface area contributed by atoms with Crippen LogP contribution in [0.3, 0.4) is 0 Å². The number of carbonyl (C=O) groups is 1. The van der Waals surface area contributed by atoms with Crippen LogP contribution >= 0.6 is 0 Å². The zero-order valence-corrected chi connectivity index (χ0v) is 11.9. The fourth-order valence-electron chi connectivity index (χ4n) is 2.12. The molecule has 0 aliphatic carbocycles. The fraction of sp³-hybridized carbons (Fsp3) is 0.200. The Morgan fingerprint density at radius 1 is 1.50 bits per heavy atom. The molecule has 0 aliphatic heterocycles. The van der Waals surface area contributed by atoms with E-state index in [1.807, 2.05) is 6.92 Å². The van der Waals surface area contributed by atoms with Crippen molar-refractivity contribution >= 4 is 23.0 Å². The molecule has 0 fully saturated rings. The standard InChI is InChI=1S/C15H14N4O3/c1-2-19-12-6-4-3-5-10(12)14(21)11(15(19)22)9-17-18-13(20)7-8-16/h3-6,9,21H,2,7H2,1H3,(H,18,20). The van der Waals surface area contributed by atoms with E-state index in [-0.39, 0.29) is 17.7 Å². The highest BCUT2D eigenvalue weighted by atomic mass is 16.3. The van der Waals surface area contributed by atoms with Crippen LogP contribution in [0.2, 0.25) is 0 Å². The average molecular weight is 298 g/mol. The van der Waals surface area contributed by atoms with Crippen molar-refractivity contribution in [3.05, 3.63) is 40.2 Å². The lowest BCUT2D eigenvalue weighted by Gasteiger charge is -2.11. The Balaban J connectivity index is 2.51. The summed E-state index contributed by atoms with van der Waals surface area (Å²) in [4.78, 5) is 23.5. The molecule has 7 nitrogen and oxygen atoms in total. The molecule has 1 heterocycles. The van der Waals surface area contributed by atoms with E-state index in [0.717, 1.165) is 6.21 Å². The van der Waals surface area contributed by atoms with Gasteiger partial charge in [-0.05, 0) is 19.1 Å². The number of hydrazone groups is 1. The average Bonchev–Trinajstić information content (AvgIpc) is 2.51. The van der Waals surface area contributed by atoms with E-state index in [2.05, 4.69) is 10.5 Å². The fourth-order valence-corrected chi connectivity index (χ4v) is 2.12. The molecule has 0 aliphatic rings. The van der Waals surface area contributed by atoms with Crippen molar-refractivity contribution in [2.45, 2.75) is 19.9 Å². The van der Waals surface area contributed by atoms with Crippen LogP contribution in [0.1, 0.15) is 18.9 Å². The van der Waals surface area contributed by atoms with E-state index in [9.17, 15) is 14.7 Å². The van der Waals surface area contributed by atoms with E-state index in [1.54, 1.807) is 30.3 Å². The molecule has 0 bridgehead atoms. The second kappa shape index (κ2) is 6.54. The van der Waals surface area contributed by atoms with Gasteiger partial charge in [0.2, 0.25) is 0 Å². The first-order valence-corrected chi connectivity index (χ1v) is 6.63. The van der Waals surface area contributed by atoms with Gasteiger partial charge in [0.25, 0.3) is 11.5 Å². The topological polar surface area (TPSA) is 107 Å². The lowest BCUT2D eigenvalue weighted by atomic mass is 10.1. The van der Waals surface area contributed by atoms with Gasteiger partial charge in [-0.15, -0.1) is 0 Å². The molecule has 2 N–H and O–H groups in total. The SMILES string of the molecule is CCn1c(=O)c(C=NNC(=O)CC#N)c(O)c2ccccc21. The number of nitrogens with zero attached hydrogens (tertiary/aromatic N) is 3. The molecule has 0 atom stereocenters. The summed E-state index contributed by atoms with van der Waals surface area (Å²) in [6, 6.07) is 8.66. The summed E-state index contributed by atoms with van der Waals surface area (Å²) >= 11 is 0. The van der Waals surface area contributed by atoms with Crippen molar-refractivity contribution < 1.29 is 9.90 Å². The number of hydrogen-bond acceptors (Lipinski definition) is 5. The minimum Gasteiger partial charge on any atom is -0.506 e. The normalized spacial score (nSPS) is 10.7. The van der Waals surface area contributed by atoms with Gasteiger partial charge in [-0.2, -0.15) is 10.4 Å². The second-order valence-corrected chi connectivity index (χ2v) is 4.46. The third kappa shape index (κ3) is 2.81. The minimum atomic E-state index is -0.588. The second-order valence-electron chi connectivity index (χ2n) is 4.46. The molecular weight excluding hydrogens is 284 g/mol. The molecule has 112 valence electrons. The van der Waals surface area contributed by atoms with Crippen LogP contribution in [0.4, 0.5) is 0 Å². The van der Waals surface area contributed by atoms with Gasteiger partial charge in [0, 0.05) is 11.9 Å². The Morgan fingerprint density at radius 2 is 2.23 bits per heavy atom. The third-order valence-corrected chi connectivity index (χ3v) is 3.12. The Bertz CT molecular complexity index is 846. The van der Waals surface area contributed by atoms with Crippen molar-refractivity contribution in [1.29, 1.82) is 5.26 Å². The van der Waals surface area contributed by atoms with Crippen LogP contribution in [0.25, 0.3) is 10.9 Å². The predicted octanol–water partition coefficient (Wildman–Crippen LogP) is 1.09. The number of carbonyl (C=O) groups excluding carboxylic acids is 1. The summed E-state index contributed by atoms with van der Waals surface area (Å²) in [5.74, 6) is -0.779. The van der Waals surface area contributed by atoms with Crippen LogP contribution < -0.4 is 11.0 Å². The van der Waals surface area contributed by atoms with Crippen molar-refractivity contribution in [3.63, 3.8) is 0 Å². The predicted molar refractivity (Wildman–Crippen MR) is 81.5 cm³/mol. The van der Waals surface area contributed by atoms with Gasteiger partial charge in [-0.3, -0.25) is 9.59 Å². The summed E-state index contributed by atoms with van der Waals surface area (Å²) in [5, 5.41) is 22.8. The number of rotatable bonds is 4. The smallest absolute Gasteiger partial charge is 0.263 e. The Labute approximate surface area is 126 Å². The van der Waals surface area contributed by atoms with Crippen LogP contribution in [-0.4, -0.2) is 21.8 Å². The summed E-state index contributed by atoms with van der Waals surface area (Å²) < 4.78 is 1.51. The maximum absolute atomic E-state index is 12.4. The largest absolute Gasteiger partial charge is 0.506 e. The molecule has 0 saturated carbocycles. The van der Waals surface area contributed by atoms with Crippen LogP contribution in [0.15, 0.2) is 34.2 Å². The van der Waals surface area contributed by atoms with Gasteiger partial charge in [-0.25, -0.2) is 5.43 Å². The number of nitriles is 1. The monoisotopic (exact) mass is 298 g/mol. The Kier molecular flexibility index (Phi) is 4.53. The number of nitrogens with one attached hydrogen (secondary N) is 1. The minimum absolute atomic E-state index is 0.0159. The van der Waals surface area contributed by atoms with Gasteiger partial charge >= 0.3 is 0 Å². The highest BCUT2D eigenvalue weighted by molar-refractivity contribution is 5.95. The van der Waals surface area contributed by atoms with Crippen molar-refractivity contribution in [2.24, 2.45) is 5.10 Å². The maximum atomic E-state index is 12.4. The van der Waals surface area contributed by atoms with Gasteiger partial charge < -0.3 is 9.67 Å². The van der Waals surface area contributed by atoms with Crippen molar-refractivity contribution in [1.82, 2.24) is 9.99 Å². The highest BCUT2D eigenvalue weighted by Gasteiger charge is 2.13. The molecular formula is C15H14N4O3. The molecule has 1 aromatic heterocycles. The molecule has 2 rings (SSSR count). The highest BCUT2D eigenvalue weighted by Crippen LogP contribution is 2.25. The number of fused-ring (bicyclic) bond motifs is 1. The molecule has 7 heteroatoms.